The van der Waals surface area contributed by atoms with Crippen LogP contribution < -0.4 is 0 Å². The lowest BCUT2D eigenvalue weighted by Gasteiger charge is -2.30. The van der Waals surface area contributed by atoms with Crippen molar-refractivity contribution in [1.82, 2.24) is 0 Å². The summed E-state index contributed by atoms with van der Waals surface area (Å²) in [5.74, 6) is 0.765. The van der Waals surface area contributed by atoms with Crippen molar-refractivity contribution in [3.63, 3.8) is 0 Å². The lowest BCUT2D eigenvalue weighted by atomic mass is 9.80. The van der Waals surface area contributed by atoms with Gasteiger partial charge in [0.25, 0.3) is 0 Å². The molecular weight excluding hydrogens is 423 g/mol. The van der Waals surface area contributed by atoms with Gasteiger partial charge in [-0.1, -0.05) is 27.7 Å². The van der Waals surface area contributed by atoms with Gasteiger partial charge in [0, 0.05) is 10.8 Å². The van der Waals surface area contributed by atoms with E-state index in [1.807, 2.05) is 27.7 Å². The highest BCUT2D eigenvalue weighted by Gasteiger charge is 2.34. The van der Waals surface area contributed by atoms with Crippen LogP contribution in [-0.2, 0) is 19.1 Å². The van der Waals surface area contributed by atoms with Crippen molar-refractivity contribution < 1.29 is 19.1 Å². The van der Waals surface area contributed by atoms with Gasteiger partial charge in [-0.25, -0.2) is 0 Å². The number of halogens is 2. The van der Waals surface area contributed by atoms with Gasteiger partial charge in [-0.05, 0) is 77.0 Å². The lowest BCUT2D eigenvalue weighted by molar-refractivity contribution is -0.157. The molecular formula is C24H42Cl2O4. The lowest BCUT2D eigenvalue weighted by Crippen LogP contribution is -2.32. The van der Waals surface area contributed by atoms with Crippen LogP contribution in [0.3, 0.4) is 0 Å². The third-order valence-electron chi connectivity index (χ3n) is 6.63. The van der Waals surface area contributed by atoms with Crippen molar-refractivity contribution >= 4 is 35.1 Å². The molecule has 176 valence electrons. The number of carbonyl (C=O) groups is 2. The van der Waals surface area contributed by atoms with E-state index in [4.69, 9.17) is 32.7 Å². The molecule has 2 aliphatic rings. The summed E-state index contributed by atoms with van der Waals surface area (Å²) in [7, 11) is 0. The highest BCUT2D eigenvalue weighted by molar-refractivity contribution is 6.21. The average Bonchev–Trinajstić information content (AvgIpc) is 2.69. The molecule has 8 atom stereocenters. The Kier molecular flexibility index (Phi) is 12.7. The van der Waals surface area contributed by atoms with Gasteiger partial charge in [-0.3, -0.25) is 9.59 Å². The molecule has 0 heterocycles. The number of rotatable bonds is 6. The molecule has 0 radical (unpaired) electrons. The first-order valence-electron chi connectivity index (χ1n) is 11.8. The Labute approximate surface area is 193 Å². The van der Waals surface area contributed by atoms with Crippen molar-refractivity contribution in [1.29, 1.82) is 0 Å². The van der Waals surface area contributed by atoms with E-state index in [0.29, 0.717) is 11.8 Å². The largest absolute Gasteiger partial charge is 0.462 e. The summed E-state index contributed by atoms with van der Waals surface area (Å²) in [5, 5.41) is 0.392. The minimum absolute atomic E-state index is 0.00949. The molecule has 0 spiro atoms. The predicted octanol–water partition coefficient (Wildman–Crippen LogP) is 6.74. The van der Waals surface area contributed by atoms with Gasteiger partial charge in [-0.15, -0.1) is 23.2 Å². The Balaban J connectivity index is 0.000000300. The minimum atomic E-state index is -0.0535. The molecule has 0 bridgehead atoms. The average molecular weight is 466 g/mol. The van der Waals surface area contributed by atoms with Gasteiger partial charge >= 0.3 is 11.9 Å². The highest BCUT2D eigenvalue weighted by Crippen LogP contribution is 2.34. The molecule has 2 fully saturated rings. The molecule has 8 unspecified atom stereocenters. The van der Waals surface area contributed by atoms with Crippen LogP contribution in [0, 0.1) is 23.7 Å². The normalized spacial score (nSPS) is 33.5. The Morgan fingerprint density at radius 3 is 1.73 bits per heavy atom. The van der Waals surface area contributed by atoms with Crippen LogP contribution in [0.1, 0.15) is 92.9 Å². The zero-order chi connectivity index (χ0) is 22.8. The monoisotopic (exact) mass is 464 g/mol. The van der Waals surface area contributed by atoms with Crippen LogP contribution in [0.25, 0.3) is 0 Å². The zero-order valence-electron chi connectivity index (χ0n) is 19.7. The van der Waals surface area contributed by atoms with Crippen LogP contribution in [0.4, 0.5) is 0 Å². The molecule has 0 aromatic heterocycles. The van der Waals surface area contributed by atoms with Crippen LogP contribution in [0.15, 0.2) is 0 Å². The fourth-order valence-corrected chi connectivity index (χ4v) is 4.74. The second-order valence-electron chi connectivity index (χ2n) is 9.30. The van der Waals surface area contributed by atoms with E-state index in [1.54, 1.807) is 0 Å². The van der Waals surface area contributed by atoms with E-state index >= 15 is 0 Å². The van der Waals surface area contributed by atoms with E-state index in [2.05, 4.69) is 13.8 Å². The summed E-state index contributed by atoms with van der Waals surface area (Å²) in [4.78, 5) is 23.7. The number of carbonyl (C=O) groups excluding carboxylic acids is 2. The Hall–Kier alpha value is -0.480. The maximum atomic E-state index is 11.8. The number of alkyl halides is 2. The molecule has 30 heavy (non-hydrogen) atoms. The van der Waals surface area contributed by atoms with Crippen molar-refractivity contribution in [2.75, 3.05) is 0 Å². The van der Waals surface area contributed by atoms with Gasteiger partial charge in [0.15, 0.2) is 0 Å². The second-order valence-corrected chi connectivity index (χ2v) is 10.5. The fraction of sp³-hybridized carbons (Fsp3) is 0.917. The van der Waals surface area contributed by atoms with E-state index in [0.717, 1.165) is 51.4 Å². The molecule has 2 rings (SSSR count). The van der Waals surface area contributed by atoms with Crippen LogP contribution in [0.5, 0.6) is 0 Å². The van der Waals surface area contributed by atoms with Crippen LogP contribution in [0.2, 0.25) is 0 Å². The SMILES string of the molecule is CCC(C)OC(=O)C1CC(Cl)CCC1C.CCC(C)OC(=O)C1CCC(Cl)CC1C. The molecule has 2 saturated carbocycles. The molecule has 0 aromatic carbocycles. The van der Waals surface area contributed by atoms with E-state index in [9.17, 15) is 9.59 Å². The maximum Gasteiger partial charge on any atom is 0.309 e. The summed E-state index contributed by atoms with van der Waals surface area (Å²) < 4.78 is 10.7. The zero-order valence-corrected chi connectivity index (χ0v) is 21.2. The number of esters is 2. The first-order valence-corrected chi connectivity index (χ1v) is 12.6. The quantitative estimate of drug-likeness (QED) is 0.322. The highest BCUT2D eigenvalue weighted by atomic mass is 35.5. The summed E-state index contributed by atoms with van der Waals surface area (Å²) in [5.41, 5.74) is 0. The molecule has 0 aromatic rings. The smallest absolute Gasteiger partial charge is 0.309 e. The number of ether oxygens (including phenoxy) is 2. The molecule has 6 heteroatoms. The summed E-state index contributed by atoms with van der Waals surface area (Å²) in [6.07, 6.45) is 7.40. The van der Waals surface area contributed by atoms with Crippen LogP contribution in [-0.4, -0.2) is 34.9 Å². The Morgan fingerprint density at radius 2 is 1.23 bits per heavy atom. The van der Waals surface area contributed by atoms with Crippen LogP contribution >= 0.6 is 23.2 Å². The third kappa shape index (κ3) is 9.34. The van der Waals surface area contributed by atoms with Gasteiger partial charge in [0.1, 0.15) is 0 Å². The van der Waals surface area contributed by atoms with Gasteiger partial charge in [0.2, 0.25) is 0 Å². The molecule has 2 aliphatic carbocycles. The molecule has 0 amide bonds. The fourth-order valence-electron chi connectivity index (χ4n) is 4.02. The molecule has 0 aliphatic heterocycles. The Bertz CT molecular complexity index is 527. The topological polar surface area (TPSA) is 52.6 Å². The van der Waals surface area contributed by atoms with E-state index in [-0.39, 0.29) is 46.7 Å². The number of hydrogen-bond donors (Lipinski definition) is 0. The first-order chi connectivity index (χ1) is 14.1. The number of hydrogen-bond acceptors (Lipinski definition) is 4. The third-order valence-corrected chi connectivity index (χ3v) is 7.42. The van der Waals surface area contributed by atoms with Crippen molar-refractivity contribution in [3.05, 3.63) is 0 Å². The van der Waals surface area contributed by atoms with Crippen molar-refractivity contribution in [2.45, 2.75) is 116 Å². The molecule has 0 saturated heterocycles. The predicted molar refractivity (Wildman–Crippen MR) is 124 cm³/mol. The second kappa shape index (κ2) is 13.8. The van der Waals surface area contributed by atoms with E-state index < -0.39 is 0 Å². The van der Waals surface area contributed by atoms with Gasteiger partial charge in [-0.2, -0.15) is 0 Å². The minimum Gasteiger partial charge on any atom is -0.462 e. The maximum absolute atomic E-state index is 11.8. The first kappa shape index (κ1) is 27.6. The van der Waals surface area contributed by atoms with Crippen molar-refractivity contribution in [3.8, 4) is 0 Å². The Morgan fingerprint density at radius 1 is 0.767 bits per heavy atom. The van der Waals surface area contributed by atoms with E-state index in [1.165, 1.54) is 0 Å². The summed E-state index contributed by atoms with van der Waals surface area (Å²) in [6, 6.07) is 0. The van der Waals surface area contributed by atoms with Crippen molar-refractivity contribution in [2.24, 2.45) is 23.7 Å². The van der Waals surface area contributed by atoms with Gasteiger partial charge in [0.05, 0.1) is 24.0 Å². The van der Waals surface area contributed by atoms with Gasteiger partial charge < -0.3 is 9.47 Å². The summed E-state index contributed by atoms with van der Waals surface area (Å²) >= 11 is 12.1. The molecule has 0 N–H and O–H groups in total. The summed E-state index contributed by atoms with van der Waals surface area (Å²) in [6.45, 7) is 12.1. The standard InChI is InChI=1S/2C12H21ClO2/c1-4-9(3)15-12(14)11-6-5-10(13)7-8(11)2;1-4-9(3)15-12(14)11-7-10(13)6-5-8(11)2/h2*8-11H,4-7H2,1-3H3. The molecule has 4 nitrogen and oxygen atoms in total.